The molecule has 0 unspecified atom stereocenters. The van der Waals surface area contributed by atoms with Crippen LogP contribution in [0.5, 0.6) is 5.75 Å². The number of fused-ring (bicyclic) bond motifs is 1. The number of esters is 1. The molecule has 0 aliphatic carbocycles. The van der Waals surface area contributed by atoms with Gasteiger partial charge in [0.25, 0.3) is 0 Å². The molecule has 0 N–H and O–H groups in total. The highest BCUT2D eigenvalue weighted by Crippen LogP contribution is 2.35. The van der Waals surface area contributed by atoms with Crippen molar-refractivity contribution in [3.05, 3.63) is 65.5 Å². The molecule has 6 heteroatoms. The number of aromatic nitrogens is 1. The van der Waals surface area contributed by atoms with Crippen molar-refractivity contribution in [3.8, 4) is 5.75 Å². The zero-order valence-corrected chi connectivity index (χ0v) is 14.6. The van der Waals surface area contributed by atoms with E-state index in [0.717, 1.165) is 16.5 Å². The molecule has 0 spiro atoms. The average Bonchev–Trinajstić information content (AvgIpc) is 2.65. The lowest BCUT2D eigenvalue weighted by molar-refractivity contribution is 0.0590. The zero-order chi connectivity index (χ0) is 17.8. The lowest BCUT2D eigenvalue weighted by Crippen LogP contribution is -2.09. The van der Waals surface area contributed by atoms with Gasteiger partial charge < -0.3 is 9.47 Å². The van der Waals surface area contributed by atoms with Gasteiger partial charge in [0.1, 0.15) is 28.8 Å². The van der Waals surface area contributed by atoms with E-state index in [1.54, 1.807) is 12.1 Å². The van der Waals surface area contributed by atoms with Gasteiger partial charge in [0.2, 0.25) is 0 Å². The number of halogens is 1. The van der Waals surface area contributed by atoms with Crippen molar-refractivity contribution >= 4 is 28.6 Å². The molecule has 0 saturated carbocycles. The third-order valence-corrected chi connectivity index (χ3v) is 4.37. The number of hydrogen-bond donors (Lipinski definition) is 0. The Morgan fingerprint density at radius 2 is 1.88 bits per heavy atom. The number of pyridine rings is 1. The molecule has 0 radical (unpaired) electrons. The molecule has 25 heavy (non-hydrogen) atoms. The lowest BCUT2D eigenvalue weighted by atomic mass is 10.1. The summed E-state index contributed by atoms with van der Waals surface area (Å²) in [4.78, 5) is 16.8. The van der Waals surface area contributed by atoms with Crippen LogP contribution in [0.15, 0.2) is 53.6 Å². The van der Waals surface area contributed by atoms with Crippen molar-refractivity contribution in [1.29, 1.82) is 0 Å². The third-order valence-electron chi connectivity index (χ3n) is 3.69. The van der Waals surface area contributed by atoms with Crippen molar-refractivity contribution in [2.75, 3.05) is 13.4 Å². The van der Waals surface area contributed by atoms with Crippen LogP contribution in [0.1, 0.15) is 15.9 Å². The number of carbonyl (C=O) groups is 1. The molecule has 128 valence electrons. The van der Waals surface area contributed by atoms with E-state index in [9.17, 15) is 9.18 Å². The molecular formula is C19H16FNO3S. The molecule has 0 amide bonds. The highest BCUT2D eigenvalue weighted by atomic mass is 32.2. The van der Waals surface area contributed by atoms with Gasteiger partial charge in [0.05, 0.1) is 12.6 Å². The maximum atomic E-state index is 13.1. The highest BCUT2D eigenvalue weighted by Gasteiger charge is 2.23. The fourth-order valence-corrected chi connectivity index (χ4v) is 3.05. The normalized spacial score (nSPS) is 10.7. The molecule has 0 atom stereocenters. The number of methoxy groups -OCH3 is 1. The Balaban J connectivity index is 2.09. The van der Waals surface area contributed by atoms with Crippen LogP contribution in [0.3, 0.4) is 0 Å². The second kappa shape index (κ2) is 7.53. The van der Waals surface area contributed by atoms with Crippen LogP contribution in [0.2, 0.25) is 0 Å². The van der Waals surface area contributed by atoms with Gasteiger partial charge in [-0.2, -0.15) is 0 Å². The Morgan fingerprint density at radius 3 is 2.56 bits per heavy atom. The Hall–Kier alpha value is -2.60. The van der Waals surface area contributed by atoms with Crippen molar-refractivity contribution in [2.45, 2.75) is 11.6 Å². The summed E-state index contributed by atoms with van der Waals surface area (Å²) >= 11 is 1.35. The predicted octanol–water partition coefficient (Wildman–Crippen LogP) is 4.46. The number of thioether (sulfide) groups is 1. The maximum Gasteiger partial charge on any atom is 0.344 e. The van der Waals surface area contributed by atoms with Crippen LogP contribution in [0, 0.1) is 5.82 Å². The molecule has 0 saturated heterocycles. The van der Waals surface area contributed by atoms with E-state index < -0.39 is 5.97 Å². The van der Waals surface area contributed by atoms with Gasteiger partial charge in [-0.05, 0) is 36.1 Å². The van der Waals surface area contributed by atoms with E-state index in [4.69, 9.17) is 9.47 Å². The quantitative estimate of drug-likeness (QED) is 0.498. The fraction of sp³-hybridized carbons (Fsp3) is 0.158. The minimum atomic E-state index is -0.503. The molecule has 0 aliphatic heterocycles. The van der Waals surface area contributed by atoms with E-state index in [2.05, 4.69) is 4.98 Å². The summed E-state index contributed by atoms with van der Waals surface area (Å²) in [7, 11) is 1.32. The number of benzene rings is 2. The maximum absolute atomic E-state index is 13.1. The topological polar surface area (TPSA) is 48.4 Å². The number of hydrogen-bond acceptors (Lipinski definition) is 5. The highest BCUT2D eigenvalue weighted by molar-refractivity contribution is 7.98. The van der Waals surface area contributed by atoms with Crippen molar-refractivity contribution < 1.29 is 18.7 Å². The van der Waals surface area contributed by atoms with Crippen molar-refractivity contribution in [2.24, 2.45) is 0 Å². The average molecular weight is 357 g/mol. The van der Waals surface area contributed by atoms with Gasteiger partial charge in [0, 0.05) is 5.39 Å². The van der Waals surface area contributed by atoms with Gasteiger partial charge in [0.15, 0.2) is 0 Å². The number of para-hydroxylation sites is 1. The van der Waals surface area contributed by atoms with E-state index in [1.165, 1.54) is 31.0 Å². The minimum absolute atomic E-state index is 0.200. The monoisotopic (exact) mass is 357 g/mol. The molecule has 3 aromatic rings. The predicted molar refractivity (Wildman–Crippen MR) is 95.6 cm³/mol. The van der Waals surface area contributed by atoms with E-state index >= 15 is 0 Å². The number of rotatable bonds is 5. The van der Waals surface area contributed by atoms with E-state index in [-0.39, 0.29) is 12.4 Å². The molecular weight excluding hydrogens is 341 g/mol. The first-order chi connectivity index (χ1) is 12.1. The Bertz CT molecular complexity index is 912. The largest absolute Gasteiger partial charge is 0.487 e. The smallest absolute Gasteiger partial charge is 0.344 e. The fourth-order valence-electron chi connectivity index (χ4n) is 2.48. The molecule has 1 heterocycles. The first kappa shape index (κ1) is 17.2. The summed E-state index contributed by atoms with van der Waals surface area (Å²) in [5, 5.41) is 1.27. The van der Waals surface area contributed by atoms with Crippen LogP contribution < -0.4 is 4.74 Å². The van der Waals surface area contributed by atoms with Crippen LogP contribution >= 0.6 is 11.8 Å². The summed E-state index contributed by atoms with van der Waals surface area (Å²) < 4.78 is 23.9. The van der Waals surface area contributed by atoms with Crippen LogP contribution in [-0.4, -0.2) is 24.3 Å². The second-order valence-electron chi connectivity index (χ2n) is 5.25. The molecule has 0 aliphatic rings. The molecule has 3 rings (SSSR count). The molecule has 2 aromatic carbocycles. The van der Waals surface area contributed by atoms with Gasteiger partial charge in [-0.15, -0.1) is 11.8 Å². The number of nitrogens with zero attached hydrogens (tertiary/aromatic N) is 1. The SMILES string of the molecule is COC(=O)c1c(SC)nc2ccccc2c1OCc1ccc(F)cc1. The van der Waals surface area contributed by atoms with Gasteiger partial charge in [-0.25, -0.2) is 14.2 Å². The minimum Gasteiger partial charge on any atom is -0.487 e. The Kier molecular flexibility index (Phi) is 5.19. The van der Waals surface area contributed by atoms with Gasteiger partial charge in [-0.3, -0.25) is 0 Å². The molecule has 0 bridgehead atoms. The van der Waals surface area contributed by atoms with Crippen LogP contribution in [0.25, 0.3) is 10.9 Å². The third kappa shape index (κ3) is 3.58. The van der Waals surface area contributed by atoms with Gasteiger partial charge >= 0.3 is 5.97 Å². The number of ether oxygens (including phenoxy) is 2. The van der Waals surface area contributed by atoms with Gasteiger partial charge in [-0.1, -0.05) is 24.3 Å². The summed E-state index contributed by atoms with van der Waals surface area (Å²) in [5.41, 5.74) is 1.83. The standard InChI is InChI=1S/C19H16FNO3S/c1-23-19(22)16-17(24-11-12-7-9-13(20)10-8-12)14-5-3-4-6-15(14)21-18(16)25-2/h3-10H,11H2,1-2H3. The molecule has 0 fully saturated rings. The summed E-state index contributed by atoms with van der Waals surface area (Å²) in [6, 6.07) is 13.5. The zero-order valence-electron chi connectivity index (χ0n) is 13.8. The first-order valence-electron chi connectivity index (χ1n) is 7.56. The summed E-state index contributed by atoms with van der Waals surface area (Å²) in [6.07, 6.45) is 1.84. The van der Waals surface area contributed by atoms with Crippen LogP contribution in [-0.2, 0) is 11.3 Å². The van der Waals surface area contributed by atoms with Crippen LogP contribution in [0.4, 0.5) is 4.39 Å². The first-order valence-corrected chi connectivity index (χ1v) is 8.78. The molecule has 1 aromatic heterocycles. The van der Waals surface area contributed by atoms with Crippen molar-refractivity contribution in [3.63, 3.8) is 0 Å². The Labute approximate surface area is 149 Å². The Morgan fingerprint density at radius 1 is 1.16 bits per heavy atom. The summed E-state index contributed by atoms with van der Waals surface area (Å²) in [5.74, 6) is -0.388. The second-order valence-corrected chi connectivity index (χ2v) is 6.04. The summed E-state index contributed by atoms with van der Waals surface area (Å²) in [6.45, 7) is 0.200. The lowest BCUT2D eigenvalue weighted by Gasteiger charge is -2.15. The molecule has 4 nitrogen and oxygen atoms in total. The van der Waals surface area contributed by atoms with E-state index in [1.807, 2.05) is 30.5 Å². The van der Waals surface area contributed by atoms with E-state index in [0.29, 0.717) is 16.3 Å². The number of carbonyl (C=O) groups excluding carboxylic acids is 1. The van der Waals surface area contributed by atoms with Crippen molar-refractivity contribution in [1.82, 2.24) is 4.98 Å².